The number of nitrogens with zero attached hydrogens (tertiary/aromatic N) is 1. The van der Waals surface area contributed by atoms with E-state index in [2.05, 4.69) is 31.5 Å². The van der Waals surface area contributed by atoms with E-state index in [9.17, 15) is 14.0 Å². The minimum absolute atomic E-state index is 0.0558. The highest BCUT2D eigenvalue weighted by Crippen LogP contribution is 2.23. The topological polar surface area (TPSA) is 91.3 Å². The van der Waals surface area contributed by atoms with Crippen molar-refractivity contribution in [1.29, 1.82) is 0 Å². The van der Waals surface area contributed by atoms with Crippen LogP contribution in [-0.2, 0) is 0 Å². The van der Waals surface area contributed by atoms with Crippen LogP contribution in [-0.4, -0.2) is 22.1 Å². The third-order valence-corrected chi connectivity index (χ3v) is 3.11. The Morgan fingerprint density at radius 2 is 1.95 bits per heavy atom. The molecule has 6 nitrogen and oxygen atoms in total. The van der Waals surface area contributed by atoms with Gasteiger partial charge in [0.25, 0.3) is 0 Å². The normalized spacial score (nSPS) is 10.0. The number of pyridine rings is 1. The van der Waals surface area contributed by atoms with Crippen LogP contribution in [0.1, 0.15) is 10.4 Å². The molecule has 0 unspecified atom stereocenters. The van der Waals surface area contributed by atoms with E-state index in [0.717, 1.165) is 12.3 Å². The van der Waals surface area contributed by atoms with Crippen LogP contribution in [0.5, 0.6) is 0 Å². The van der Waals surface area contributed by atoms with Crippen molar-refractivity contribution in [2.75, 3.05) is 10.6 Å². The maximum Gasteiger partial charge on any atom is 0.337 e. The summed E-state index contributed by atoms with van der Waals surface area (Å²) in [6.07, 6.45) is 2.46. The van der Waals surface area contributed by atoms with Gasteiger partial charge in [0, 0.05) is 10.7 Å². The van der Waals surface area contributed by atoms with Crippen LogP contribution in [0, 0.1) is 5.82 Å². The van der Waals surface area contributed by atoms with Crippen molar-refractivity contribution >= 4 is 39.3 Å². The quantitative estimate of drug-likeness (QED) is 0.789. The van der Waals surface area contributed by atoms with E-state index in [1.807, 2.05) is 0 Å². The average Bonchev–Trinajstić information content (AvgIpc) is 2.43. The van der Waals surface area contributed by atoms with Crippen molar-refractivity contribution in [1.82, 2.24) is 4.98 Å². The predicted molar refractivity (Wildman–Crippen MR) is 77.9 cm³/mol. The Labute approximate surface area is 127 Å². The number of carboxylic acids is 1. The van der Waals surface area contributed by atoms with Crippen molar-refractivity contribution in [3.8, 4) is 0 Å². The highest BCUT2D eigenvalue weighted by Gasteiger charge is 2.09. The maximum absolute atomic E-state index is 13.1. The van der Waals surface area contributed by atoms with Crippen LogP contribution in [0.2, 0.25) is 0 Å². The van der Waals surface area contributed by atoms with Crippen LogP contribution in [0.15, 0.2) is 41.1 Å². The molecule has 2 aromatic rings. The van der Waals surface area contributed by atoms with Gasteiger partial charge in [-0.25, -0.2) is 14.0 Å². The molecule has 0 fully saturated rings. The van der Waals surface area contributed by atoms with Gasteiger partial charge in [-0.05, 0) is 40.2 Å². The van der Waals surface area contributed by atoms with E-state index in [-0.39, 0.29) is 16.9 Å². The molecule has 108 valence electrons. The smallest absolute Gasteiger partial charge is 0.337 e. The number of nitrogens with one attached hydrogen (secondary N) is 2. The van der Waals surface area contributed by atoms with Crippen LogP contribution in [0.4, 0.5) is 20.6 Å². The number of aromatic carboxylic acids is 1. The largest absolute Gasteiger partial charge is 0.478 e. The molecule has 2 amide bonds. The van der Waals surface area contributed by atoms with E-state index in [1.54, 1.807) is 0 Å². The number of anilines is 2. The van der Waals surface area contributed by atoms with Gasteiger partial charge in [-0.2, -0.15) is 0 Å². The second-order valence-electron chi connectivity index (χ2n) is 3.97. The zero-order chi connectivity index (χ0) is 15.4. The lowest BCUT2D eigenvalue weighted by atomic mass is 10.2. The number of rotatable bonds is 3. The highest BCUT2D eigenvalue weighted by atomic mass is 79.9. The summed E-state index contributed by atoms with van der Waals surface area (Å²) in [5, 5.41) is 13.7. The van der Waals surface area contributed by atoms with Gasteiger partial charge in [-0.15, -0.1) is 0 Å². The van der Waals surface area contributed by atoms with Crippen LogP contribution >= 0.6 is 15.9 Å². The third kappa shape index (κ3) is 3.99. The lowest BCUT2D eigenvalue weighted by molar-refractivity contribution is 0.0696. The Hall–Kier alpha value is -2.48. The number of benzene rings is 1. The fourth-order valence-corrected chi connectivity index (χ4v) is 1.85. The molecule has 1 aromatic heterocycles. The minimum Gasteiger partial charge on any atom is -0.478 e. The first-order valence-corrected chi connectivity index (χ1v) is 6.46. The van der Waals surface area contributed by atoms with Gasteiger partial charge in [0.15, 0.2) is 0 Å². The molecule has 0 saturated heterocycles. The van der Waals surface area contributed by atoms with E-state index in [0.29, 0.717) is 4.47 Å². The number of carbonyl (C=O) groups excluding carboxylic acids is 1. The molecule has 2 rings (SSSR count). The van der Waals surface area contributed by atoms with Gasteiger partial charge >= 0.3 is 12.0 Å². The SMILES string of the molecule is O=C(Nc1cncc(C(=O)O)c1)Nc1cc(F)ccc1Br. The summed E-state index contributed by atoms with van der Waals surface area (Å²) in [6, 6.07) is 4.46. The number of hydrogen-bond acceptors (Lipinski definition) is 3. The van der Waals surface area contributed by atoms with Crippen LogP contribution < -0.4 is 10.6 Å². The van der Waals surface area contributed by atoms with E-state index in [4.69, 9.17) is 5.11 Å². The van der Waals surface area contributed by atoms with Gasteiger partial charge in [-0.1, -0.05) is 0 Å². The van der Waals surface area contributed by atoms with Crippen molar-refractivity contribution in [2.24, 2.45) is 0 Å². The Morgan fingerprint density at radius 1 is 1.19 bits per heavy atom. The molecular formula is C13H9BrFN3O3. The number of aromatic nitrogens is 1. The van der Waals surface area contributed by atoms with E-state index < -0.39 is 17.8 Å². The standard InChI is InChI=1S/C13H9BrFN3O3/c14-10-2-1-8(15)4-11(10)18-13(21)17-9-3-7(12(19)20)5-16-6-9/h1-6H,(H,19,20)(H2,17,18,21). The Bertz CT molecular complexity index is 709. The predicted octanol–water partition coefficient (Wildman–Crippen LogP) is 3.33. The number of carbonyl (C=O) groups is 2. The first-order chi connectivity index (χ1) is 9.95. The third-order valence-electron chi connectivity index (χ3n) is 2.42. The van der Waals surface area contributed by atoms with Gasteiger partial charge in [0.1, 0.15) is 5.82 Å². The summed E-state index contributed by atoms with van der Waals surface area (Å²) in [6.45, 7) is 0. The Morgan fingerprint density at radius 3 is 2.67 bits per heavy atom. The number of hydrogen-bond donors (Lipinski definition) is 3. The molecule has 0 atom stereocenters. The zero-order valence-electron chi connectivity index (χ0n) is 10.4. The van der Waals surface area contributed by atoms with Crippen LogP contribution in [0.3, 0.4) is 0 Å². The molecule has 0 spiro atoms. The fourth-order valence-electron chi connectivity index (χ4n) is 1.50. The minimum atomic E-state index is -1.15. The first kappa shape index (κ1) is 14.9. The molecule has 8 heteroatoms. The molecule has 1 aromatic carbocycles. The second kappa shape index (κ2) is 6.31. The number of amides is 2. The summed E-state index contributed by atoms with van der Waals surface area (Å²) < 4.78 is 13.6. The highest BCUT2D eigenvalue weighted by molar-refractivity contribution is 9.10. The summed E-state index contributed by atoms with van der Waals surface area (Å²) in [5.41, 5.74) is 0.398. The number of carboxylic acid groups (broad SMARTS) is 1. The molecule has 0 radical (unpaired) electrons. The zero-order valence-corrected chi connectivity index (χ0v) is 12.0. The van der Waals surface area contributed by atoms with Crippen molar-refractivity contribution < 1.29 is 19.1 Å². The number of halogens is 2. The molecule has 0 aliphatic rings. The molecule has 0 saturated carbocycles. The first-order valence-electron chi connectivity index (χ1n) is 5.67. The fraction of sp³-hybridized carbons (Fsp3) is 0. The van der Waals surface area contributed by atoms with Gasteiger partial charge in [0.05, 0.1) is 23.1 Å². The Balaban J connectivity index is 2.10. The Kier molecular flexibility index (Phi) is 4.49. The van der Waals surface area contributed by atoms with Crippen molar-refractivity contribution in [2.45, 2.75) is 0 Å². The average molecular weight is 354 g/mol. The van der Waals surface area contributed by atoms with E-state index >= 15 is 0 Å². The van der Waals surface area contributed by atoms with Gasteiger partial charge in [0.2, 0.25) is 0 Å². The molecule has 21 heavy (non-hydrogen) atoms. The summed E-state index contributed by atoms with van der Waals surface area (Å²) >= 11 is 3.18. The summed E-state index contributed by atoms with van der Waals surface area (Å²) in [5.74, 6) is -1.65. The lowest BCUT2D eigenvalue weighted by Crippen LogP contribution is -2.20. The molecule has 0 bridgehead atoms. The molecular weight excluding hydrogens is 345 g/mol. The lowest BCUT2D eigenvalue weighted by Gasteiger charge is -2.09. The van der Waals surface area contributed by atoms with Crippen molar-refractivity contribution in [3.05, 3.63) is 52.5 Å². The molecule has 1 heterocycles. The maximum atomic E-state index is 13.1. The second-order valence-corrected chi connectivity index (χ2v) is 4.83. The van der Waals surface area contributed by atoms with Crippen LogP contribution in [0.25, 0.3) is 0 Å². The molecule has 0 aliphatic carbocycles. The van der Waals surface area contributed by atoms with Gasteiger partial charge < -0.3 is 15.7 Å². The molecule has 0 aliphatic heterocycles. The van der Waals surface area contributed by atoms with E-state index in [1.165, 1.54) is 24.4 Å². The monoisotopic (exact) mass is 353 g/mol. The number of urea groups is 1. The van der Waals surface area contributed by atoms with Crippen molar-refractivity contribution in [3.63, 3.8) is 0 Å². The van der Waals surface area contributed by atoms with Gasteiger partial charge in [-0.3, -0.25) is 4.98 Å². The molecule has 3 N–H and O–H groups in total. The summed E-state index contributed by atoms with van der Waals surface area (Å²) in [7, 11) is 0. The summed E-state index contributed by atoms with van der Waals surface area (Å²) in [4.78, 5) is 26.3.